The fourth-order valence-electron chi connectivity index (χ4n) is 0.823. The Labute approximate surface area is 91.9 Å². The van der Waals surface area contributed by atoms with Crippen LogP contribution in [-0.4, -0.2) is 13.4 Å². The van der Waals surface area contributed by atoms with Crippen LogP contribution < -0.4 is 0 Å². The van der Waals surface area contributed by atoms with Gasteiger partial charge in [0.1, 0.15) is 0 Å². The number of para-hydroxylation sites is 1. The maximum absolute atomic E-state index is 3.88. The first-order valence-electron chi connectivity index (χ1n) is 2.81. The van der Waals surface area contributed by atoms with Gasteiger partial charge in [0.15, 0.2) is 0 Å². The molecule has 2 rings (SSSR count). The van der Waals surface area contributed by atoms with E-state index in [9.17, 15) is 0 Å². The number of nitrogens with zero attached hydrogens (tertiary/aromatic N) is 3. The van der Waals surface area contributed by atoms with Crippen LogP contribution in [0.5, 0.6) is 0 Å². The Morgan fingerprint density at radius 1 is 1.27 bits per heavy atom. The third kappa shape index (κ3) is 1.64. The molecule has 1 aromatic carbocycles. The van der Waals surface area contributed by atoms with E-state index < -0.39 is 0 Å². The Balaban J connectivity index is 0.000000605. The first-order chi connectivity index (χ1) is 4.88. The summed E-state index contributed by atoms with van der Waals surface area (Å²) in [4.78, 5) is 0. The van der Waals surface area contributed by atoms with Gasteiger partial charge in [0.2, 0.25) is 0 Å². The molecule has 2 aromatic rings. The Morgan fingerprint density at radius 2 is 2.00 bits per heavy atom. The molecule has 0 aliphatic heterocycles. The number of benzene rings is 1. The van der Waals surface area contributed by atoms with Crippen LogP contribution in [0.2, 0.25) is 0 Å². The molecule has 1 aromatic heterocycles. The van der Waals surface area contributed by atoms with Gasteiger partial charge in [0.05, 0.1) is 0 Å². The van der Waals surface area contributed by atoms with Crippen molar-refractivity contribution in [3.8, 4) is 0 Å². The molecule has 65 valence electrons. The summed E-state index contributed by atoms with van der Waals surface area (Å²) in [5, 5.41) is 7.66. The molecule has 0 aliphatic rings. The Hall–Kier alpha value is 0.101. The van der Waals surface area contributed by atoms with E-state index >= 15 is 0 Å². The van der Waals surface area contributed by atoms with E-state index in [2.05, 4.69) is 31.6 Å². The van der Waals surface area contributed by atoms with Crippen LogP contribution in [0.1, 0.15) is 0 Å². The Bertz CT molecular complexity index is 357. The van der Waals surface area contributed by atoms with Crippen LogP contribution >= 0.6 is 0 Å². The molecule has 0 atom stereocenters. The van der Waals surface area contributed by atoms with Gasteiger partial charge in [-0.2, -0.15) is 0 Å². The Kier molecular flexibility index (Phi) is 3.07. The summed E-state index contributed by atoms with van der Waals surface area (Å²) in [6.45, 7) is 0. The second-order valence-electron chi connectivity index (χ2n) is 1.91. The average molecular weight is 334 g/mol. The van der Waals surface area contributed by atoms with E-state index in [-0.39, 0.29) is 22.4 Å². The predicted molar refractivity (Wildman–Crippen MR) is 32.9 cm³/mol. The van der Waals surface area contributed by atoms with Crippen molar-refractivity contribution in [1.82, 2.24) is 13.4 Å². The van der Waals surface area contributed by atoms with Crippen molar-refractivity contribution in [2.45, 2.75) is 0 Å². The number of fused-ring (bicyclic) bond motifs is 1. The van der Waals surface area contributed by atoms with Gasteiger partial charge in [-0.15, -0.1) is 0 Å². The zero-order valence-electron chi connectivity index (χ0n) is 5.25. The van der Waals surface area contributed by atoms with Gasteiger partial charge in [0.25, 0.3) is 0 Å². The SMILES string of the molecule is [Ag].[Ag][n]1nnc2ccccc21. The summed E-state index contributed by atoms with van der Waals surface area (Å²) >= 11 is 3.23. The molecule has 0 amide bonds. The monoisotopic (exact) mass is 332 g/mol. The number of hydrogen-bond donors (Lipinski definition) is 0. The van der Waals surface area contributed by atoms with Gasteiger partial charge >= 0.3 is 70.0 Å². The van der Waals surface area contributed by atoms with Crippen molar-refractivity contribution in [3.05, 3.63) is 24.3 Å². The first kappa shape index (κ1) is 9.19. The van der Waals surface area contributed by atoms with Crippen molar-refractivity contribution < 1.29 is 43.7 Å². The molecule has 11 heavy (non-hydrogen) atoms. The minimum atomic E-state index is 0. The fraction of sp³-hybridized carbons (Fsp3) is 0. The maximum atomic E-state index is 3.88. The molecule has 0 bridgehead atoms. The van der Waals surface area contributed by atoms with Gasteiger partial charge in [-0.25, -0.2) is 0 Å². The first-order valence-corrected chi connectivity index (χ1v) is 3.47. The second-order valence-corrected chi connectivity index (χ2v) is 2.53. The van der Waals surface area contributed by atoms with Gasteiger partial charge in [-0.1, -0.05) is 0 Å². The van der Waals surface area contributed by atoms with Gasteiger partial charge in [-0.3, -0.25) is 0 Å². The molecular weight excluding hydrogens is 330 g/mol. The summed E-state index contributed by atoms with van der Waals surface area (Å²) in [5.41, 5.74) is 1.89. The zero-order valence-corrected chi connectivity index (χ0v) is 8.22. The molecule has 1 heterocycles. The summed E-state index contributed by atoms with van der Waals surface area (Å²) in [6.07, 6.45) is 0. The quantitative estimate of drug-likeness (QED) is 0.666. The van der Waals surface area contributed by atoms with Gasteiger partial charge in [0, 0.05) is 22.4 Å². The minimum absolute atomic E-state index is 0. The third-order valence-electron chi connectivity index (χ3n) is 1.29. The molecule has 0 fully saturated rings. The second kappa shape index (κ2) is 3.67. The third-order valence-corrected chi connectivity index (χ3v) is 1.78. The number of rotatable bonds is 0. The fourth-order valence-corrected chi connectivity index (χ4v) is 1.17. The molecule has 3 nitrogen and oxygen atoms in total. The molecule has 0 saturated carbocycles. The normalized spacial score (nSPS) is 9.64. The summed E-state index contributed by atoms with van der Waals surface area (Å²) in [5.74, 6) is 0. The molecule has 5 heteroatoms. The predicted octanol–water partition coefficient (Wildman–Crippen LogP) is 0.739. The van der Waals surface area contributed by atoms with E-state index in [1.54, 1.807) is 3.09 Å². The van der Waals surface area contributed by atoms with Crippen molar-refractivity contribution in [1.29, 1.82) is 0 Å². The molecule has 0 aliphatic carbocycles. The van der Waals surface area contributed by atoms with Crippen LogP contribution in [0.25, 0.3) is 11.0 Å². The van der Waals surface area contributed by atoms with E-state index in [4.69, 9.17) is 0 Å². The van der Waals surface area contributed by atoms with Gasteiger partial charge in [-0.05, 0) is 0 Å². The van der Waals surface area contributed by atoms with Crippen molar-refractivity contribution in [2.24, 2.45) is 0 Å². The average Bonchev–Trinajstić information content (AvgIpc) is 2.34. The van der Waals surface area contributed by atoms with Crippen molar-refractivity contribution >= 4 is 11.0 Å². The zero-order chi connectivity index (χ0) is 6.97. The molecular formula is C6H4Ag2N3. The van der Waals surface area contributed by atoms with Crippen LogP contribution in [0.3, 0.4) is 0 Å². The molecule has 0 saturated heterocycles. The van der Waals surface area contributed by atoms with Crippen LogP contribution in [-0.2, 0) is 43.7 Å². The molecule has 1 radical (unpaired) electrons. The summed E-state index contributed by atoms with van der Waals surface area (Å²) < 4.78 is 1.57. The number of aromatic nitrogens is 3. The Morgan fingerprint density at radius 3 is 2.73 bits per heavy atom. The topological polar surface area (TPSA) is 30.7 Å². The van der Waals surface area contributed by atoms with Crippen LogP contribution in [0.4, 0.5) is 0 Å². The number of hydrogen-bond acceptors (Lipinski definition) is 2. The van der Waals surface area contributed by atoms with E-state index in [0.717, 1.165) is 11.0 Å². The van der Waals surface area contributed by atoms with E-state index in [0.29, 0.717) is 0 Å². The van der Waals surface area contributed by atoms with Crippen molar-refractivity contribution in [2.75, 3.05) is 0 Å². The van der Waals surface area contributed by atoms with Gasteiger partial charge < -0.3 is 0 Å². The van der Waals surface area contributed by atoms with Crippen LogP contribution in [0, 0.1) is 0 Å². The summed E-state index contributed by atoms with van der Waals surface area (Å²) in [6, 6.07) is 7.75. The molecule has 0 N–H and O–H groups in total. The van der Waals surface area contributed by atoms with E-state index in [1.165, 1.54) is 0 Å². The molecule has 0 unspecified atom stereocenters. The summed E-state index contributed by atoms with van der Waals surface area (Å²) in [7, 11) is 0. The van der Waals surface area contributed by atoms with Crippen molar-refractivity contribution in [3.63, 3.8) is 0 Å². The van der Waals surface area contributed by atoms with Crippen LogP contribution in [0.15, 0.2) is 24.3 Å². The molecule has 0 spiro atoms. The standard InChI is InChI=1S/C6H4N3.2Ag/c1-2-4-6-5(3-1)7-9-8-6;;/h1-4H;;/q-1;;+1. The van der Waals surface area contributed by atoms with E-state index in [1.807, 2.05) is 24.3 Å².